The second kappa shape index (κ2) is 7.58. The SMILES string of the molecule is CNC(Cc1cc(Br)ccc1OC)C1CN(C)CCN1C. The Balaban J connectivity index is 2.16. The number of nitrogens with zero attached hydrogens (tertiary/aromatic N) is 2. The van der Waals surface area contributed by atoms with Gasteiger partial charge in [0.05, 0.1) is 7.11 Å². The van der Waals surface area contributed by atoms with Gasteiger partial charge in [-0.1, -0.05) is 15.9 Å². The van der Waals surface area contributed by atoms with Gasteiger partial charge >= 0.3 is 0 Å². The van der Waals surface area contributed by atoms with Crippen molar-refractivity contribution in [3.8, 4) is 5.75 Å². The maximum atomic E-state index is 5.51. The molecule has 4 nitrogen and oxygen atoms in total. The van der Waals surface area contributed by atoms with Crippen molar-refractivity contribution >= 4 is 15.9 Å². The number of methoxy groups -OCH3 is 1. The van der Waals surface area contributed by atoms with Crippen molar-refractivity contribution in [1.82, 2.24) is 15.1 Å². The second-order valence-electron chi connectivity index (χ2n) is 5.87. The molecule has 0 spiro atoms. The third-order valence-corrected chi connectivity index (χ3v) is 4.91. The molecular formula is C16H26BrN3O. The van der Waals surface area contributed by atoms with Crippen molar-refractivity contribution in [3.63, 3.8) is 0 Å². The fraction of sp³-hybridized carbons (Fsp3) is 0.625. The molecule has 1 N–H and O–H groups in total. The van der Waals surface area contributed by atoms with Crippen LogP contribution in [0.25, 0.3) is 0 Å². The zero-order valence-electron chi connectivity index (χ0n) is 13.4. The zero-order valence-corrected chi connectivity index (χ0v) is 15.0. The summed E-state index contributed by atoms with van der Waals surface area (Å²) in [5.41, 5.74) is 1.24. The Hall–Kier alpha value is -0.620. The standard InChI is InChI=1S/C16H26BrN3O/c1-18-14(15-11-19(2)7-8-20(15)3)10-12-9-13(17)5-6-16(12)21-4/h5-6,9,14-15,18H,7-8,10-11H2,1-4H3. The minimum atomic E-state index is 0.404. The van der Waals surface area contributed by atoms with Gasteiger partial charge in [-0.2, -0.15) is 0 Å². The summed E-state index contributed by atoms with van der Waals surface area (Å²) in [7, 11) is 8.21. The highest BCUT2D eigenvalue weighted by Crippen LogP contribution is 2.25. The molecule has 0 aliphatic carbocycles. The van der Waals surface area contributed by atoms with Crippen LogP contribution in [0.3, 0.4) is 0 Å². The van der Waals surface area contributed by atoms with Gasteiger partial charge in [-0.3, -0.25) is 4.90 Å². The van der Waals surface area contributed by atoms with E-state index in [9.17, 15) is 0 Å². The molecule has 1 fully saturated rings. The first kappa shape index (κ1) is 16.7. The van der Waals surface area contributed by atoms with Gasteiger partial charge in [-0.05, 0) is 51.3 Å². The molecule has 0 bridgehead atoms. The molecule has 21 heavy (non-hydrogen) atoms. The molecule has 1 aliphatic rings. The highest BCUT2D eigenvalue weighted by molar-refractivity contribution is 9.10. The van der Waals surface area contributed by atoms with E-state index in [1.807, 2.05) is 12.1 Å². The van der Waals surface area contributed by atoms with Crippen LogP contribution in [0.1, 0.15) is 5.56 Å². The highest BCUT2D eigenvalue weighted by atomic mass is 79.9. The van der Waals surface area contributed by atoms with Gasteiger partial charge in [0.1, 0.15) is 5.75 Å². The van der Waals surface area contributed by atoms with Gasteiger partial charge < -0.3 is 15.0 Å². The van der Waals surface area contributed by atoms with E-state index in [1.54, 1.807) is 7.11 Å². The first-order valence-corrected chi connectivity index (χ1v) is 8.23. The Morgan fingerprint density at radius 3 is 2.81 bits per heavy atom. The number of nitrogens with one attached hydrogen (secondary N) is 1. The number of hydrogen-bond acceptors (Lipinski definition) is 4. The lowest BCUT2D eigenvalue weighted by Crippen LogP contribution is -2.58. The average molecular weight is 356 g/mol. The van der Waals surface area contributed by atoms with E-state index in [0.29, 0.717) is 12.1 Å². The van der Waals surface area contributed by atoms with Gasteiger partial charge in [0.15, 0.2) is 0 Å². The highest BCUT2D eigenvalue weighted by Gasteiger charge is 2.29. The van der Waals surface area contributed by atoms with Crippen LogP contribution in [-0.4, -0.2) is 69.8 Å². The number of benzene rings is 1. The van der Waals surface area contributed by atoms with Gasteiger partial charge in [-0.15, -0.1) is 0 Å². The van der Waals surface area contributed by atoms with Crippen molar-refractivity contribution in [3.05, 3.63) is 28.2 Å². The van der Waals surface area contributed by atoms with Gasteiger partial charge in [0.25, 0.3) is 0 Å². The number of hydrogen-bond donors (Lipinski definition) is 1. The summed E-state index contributed by atoms with van der Waals surface area (Å²) in [6, 6.07) is 7.13. The number of likely N-dealkylation sites (N-methyl/N-ethyl adjacent to an activating group) is 3. The topological polar surface area (TPSA) is 27.7 Å². The lowest BCUT2D eigenvalue weighted by atomic mass is 9.96. The van der Waals surface area contributed by atoms with Crippen LogP contribution in [0.4, 0.5) is 0 Å². The molecule has 1 aromatic carbocycles. The fourth-order valence-electron chi connectivity index (χ4n) is 3.05. The molecule has 2 rings (SSSR count). The summed E-state index contributed by atoms with van der Waals surface area (Å²) in [5, 5.41) is 3.50. The van der Waals surface area contributed by atoms with E-state index in [2.05, 4.69) is 58.3 Å². The molecule has 2 atom stereocenters. The normalized spacial score (nSPS) is 22.2. The Kier molecular flexibility index (Phi) is 6.05. The Morgan fingerprint density at radius 2 is 2.14 bits per heavy atom. The van der Waals surface area contributed by atoms with Crippen molar-refractivity contribution in [2.45, 2.75) is 18.5 Å². The van der Waals surface area contributed by atoms with E-state index in [1.165, 1.54) is 5.56 Å². The summed E-state index contributed by atoms with van der Waals surface area (Å²) in [6.07, 6.45) is 0.960. The number of rotatable bonds is 5. The molecule has 0 amide bonds. The van der Waals surface area contributed by atoms with Crippen LogP contribution in [0, 0.1) is 0 Å². The minimum Gasteiger partial charge on any atom is -0.496 e. The Labute approximate surface area is 136 Å². The second-order valence-corrected chi connectivity index (χ2v) is 6.78. The fourth-order valence-corrected chi connectivity index (χ4v) is 3.46. The molecule has 2 unspecified atom stereocenters. The first-order valence-electron chi connectivity index (χ1n) is 7.43. The average Bonchev–Trinajstić information content (AvgIpc) is 2.47. The van der Waals surface area contributed by atoms with Crippen LogP contribution in [0.15, 0.2) is 22.7 Å². The van der Waals surface area contributed by atoms with Crippen LogP contribution >= 0.6 is 15.9 Å². The molecule has 0 radical (unpaired) electrons. The molecule has 1 heterocycles. The van der Waals surface area contributed by atoms with Gasteiger partial charge in [0, 0.05) is 36.2 Å². The maximum absolute atomic E-state index is 5.51. The molecule has 1 saturated heterocycles. The Morgan fingerprint density at radius 1 is 1.38 bits per heavy atom. The summed E-state index contributed by atoms with van der Waals surface area (Å²) < 4.78 is 6.61. The molecule has 0 aromatic heterocycles. The van der Waals surface area contributed by atoms with Crippen molar-refractivity contribution in [2.75, 3.05) is 47.9 Å². The first-order chi connectivity index (χ1) is 10.0. The van der Waals surface area contributed by atoms with E-state index < -0.39 is 0 Å². The molecule has 0 saturated carbocycles. The zero-order chi connectivity index (χ0) is 15.4. The number of halogens is 1. The van der Waals surface area contributed by atoms with Crippen LogP contribution in [-0.2, 0) is 6.42 Å². The summed E-state index contributed by atoms with van der Waals surface area (Å²) in [6.45, 7) is 3.36. The third-order valence-electron chi connectivity index (χ3n) is 4.42. The smallest absolute Gasteiger partial charge is 0.122 e. The van der Waals surface area contributed by atoms with Crippen LogP contribution in [0.2, 0.25) is 0 Å². The third kappa shape index (κ3) is 4.19. The minimum absolute atomic E-state index is 0.404. The molecule has 5 heteroatoms. The van der Waals surface area contributed by atoms with E-state index >= 15 is 0 Å². The number of ether oxygens (including phenoxy) is 1. The molecule has 118 valence electrons. The van der Waals surface area contributed by atoms with Crippen molar-refractivity contribution < 1.29 is 4.74 Å². The predicted octanol–water partition coefficient (Wildman–Crippen LogP) is 1.83. The largest absolute Gasteiger partial charge is 0.496 e. The van der Waals surface area contributed by atoms with Gasteiger partial charge in [0.2, 0.25) is 0 Å². The maximum Gasteiger partial charge on any atom is 0.122 e. The molecular weight excluding hydrogens is 330 g/mol. The molecule has 1 aromatic rings. The summed E-state index contributed by atoms with van der Waals surface area (Å²) in [4.78, 5) is 4.87. The van der Waals surface area contributed by atoms with Crippen LogP contribution < -0.4 is 10.1 Å². The van der Waals surface area contributed by atoms with E-state index in [-0.39, 0.29) is 0 Å². The van der Waals surface area contributed by atoms with Crippen molar-refractivity contribution in [1.29, 1.82) is 0 Å². The van der Waals surface area contributed by atoms with Gasteiger partial charge in [-0.25, -0.2) is 0 Å². The van der Waals surface area contributed by atoms with E-state index in [0.717, 1.165) is 36.3 Å². The van der Waals surface area contributed by atoms with E-state index in [4.69, 9.17) is 4.74 Å². The predicted molar refractivity (Wildman–Crippen MR) is 91.2 cm³/mol. The Bertz CT molecular complexity index is 469. The number of piperazine rings is 1. The summed E-state index contributed by atoms with van der Waals surface area (Å²) >= 11 is 3.56. The quantitative estimate of drug-likeness (QED) is 0.871. The lowest BCUT2D eigenvalue weighted by Gasteiger charge is -2.42. The van der Waals surface area contributed by atoms with Crippen molar-refractivity contribution in [2.24, 2.45) is 0 Å². The molecule has 1 aliphatic heterocycles. The van der Waals surface area contributed by atoms with Crippen LogP contribution in [0.5, 0.6) is 5.75 Å². The monoisotopic (exact) mass is 355 g/mol. The summed E-state index contributed by atoms with van der Waals surface area (Å²) in [5.74, 6) is 0.963. The lowest BCUT2D eigenvalue weighted by molar-refractivity contribution is 0.0895.